The van der Waals surface area contributed by atoms with Crippen LogP contribution in [0.3, 0.4) is 0 Å². The molecule has 1 heterocycles. The summed E-state index contributed by atoms with van der Waals surface area (Å²) in [7, 11) is 2.12. The van der Waals surface area contributed by atoms with Crippen LogP contribution < -0.4 is 10.2 Å². The van der Waals surface area contributed by atoms with Crippen LogP contribution in [0.5, 0.6) is 0 Å². The quantitative estimate of drug-likeness (QED) is 0.831. The van der Waals surface area contributed by atoms with Gasteiger partial charge < -0.3 is 10.2 Å². The van der Waals surface area contributed by atoms with Gasteiger partial charge in [-0.15, -0.1) is 0 Å². The van der Waals surface area contributed by atoms with Gasteiger partial charge in [-0.05, 0) is 32.9 Å². The van der Waals surface area contributed by atoms with E-state index in [-0.39, 0.29) is 0 Å². The van der Waals surface area contributed by atoms with Gasteiger partial charge in [0.05, 0.1) is 0 Å². The lowest BCUT2D eigenvalue weighted by Gasteiger charge is -2.26. The second-order valence-electron chi connectivity index (χ2n) is 5.19. The van der Waals surface area contributed by atoms with Crippen LogP contribution in [0.1, 0.15) is 38.4 Å². The van der Waals surface area contributed by atoms with E-state index >= 15 is 0 Å². The molecule has 1 aliphatic rings. The van der Waals surface area contributed by atoms with E-state index in [0.717, 1.165) is 29.8 Å². The first-order chi connectivity index (χ1) is 9.15. The molecule has 1 aliphatic carbocycles. The van der Waals surface area contributed by atoms with Crippen molar-refractivity contribution in [2.24, 2.45) is 0 Å². The zero-order chi connectivity index (χ0) is 13.8. The summed E-state index contributed by atoms with van der Waals surface area (Å²) in [4.78, 5) is 11.6. The van der Waals surface area contributed by atoms with E-state index in [2.05, 4.69) is 48.4 Å². The predicted octanol–water partition coefficient (Wildman–Crippen LogP) is 2.97. The minimum atomic E-state index is 0.478. The number of aromatic nitrogens is 2. The van der Waals surface area contributed by atoms with Crippen molar-refractivity contribution in [3.63, 3.8) is 0 Å². The van der Waals surface area contributed by atoms with Crippen molar-refractivity contribution in [2.45, 2.75) is 38.6 Å². The molecule has 5 heteroatoms. The van der Waals surface area contributed by atoms with Crippen molar-refractivity contribution in [3.8, 4) is 0 Å². The van der Waals surface area contributed by atoms with E-state index in [1.807, 2.05) is 11.8 Å². The fourth-order valence-corrected chi connectivity index (χ4v) is 2.71. The molecule has 0 saturated heterocycles. The Morgan fingerprint density at radius 3 is 2.79 bits per heavy atom. The highest BCUT2D eigenvalue weighted by atomic mass is 32.2. The molecule has 0 bridgehead atoms. The molecular formula is C14H24N4S. The van der Waals surface area contributed by atoms with Crippen LogP contribution in [0.4, 0.5) is 11.6 Å². The molecule has 0 amide bonds. The fourth-order valence-electron chi connectivity index (χ4n) is 2.01. The maximum absolute atomic E-state index is 4.75. The molecule has 0 aromatic carbocycles. The van der Waals surface area contributed by atoms with E-state index in [4.69, 9.17) is 4.98 Å². The zero-order valence-corrected chi connectivity index (χ0v) is 13.1. The first-order valence-corrected chi connectivity index (χ1v) is 8.39. The second kappa shape index (κ2) is 6.46. The molecule has 1 atom stereocenters. The first-order valence-electron chi connectivity index (χ1n) is 7.00. The number of nitrogens with zero attached hydrogens (tertiary/aromatic N) is 3. The Hall–Kier alpha value is -0.970. The average molecular weight is 280 g/mol. The molecule has 1 N–H and O–H groups in total. The lowest BCUT2D eigenvalue weighted by Crippen LogP contribution is -2.32. The molecule has 4 nitrogen and oxygen atoms in total. The summed E-state index contributed by atoms with van der Waals surface area (Å²) in [6.07, 6.45) is 4.61. The summed E-state index contributed by atoms with van der Waals surface area (Å²) >= 11 is 1.87. The monoisotopic (exact) mass is 280 g/mol. The van der Waals surface area contributed by atoms with Crippen molar-refractivity contribution in [2.75, 3.05) is 35.8 Å². The Balaban J connectivity index is 2.22. The normalized spacial score (nSPS) is 16.2. The highest BCUT2D eigenvalue weighted by Crippen LogP contribution is 2.39. The molecule has 0 radical (unpaired) electrons. The molecule has 1 fully saturated rings. The molecule has 19 heavy (non-hydrogen) atoms. The highest BCUT2D eigenvalue weighted by Gasteiger charge is 2.28. The molecule has 106 valence electrons. The lowest BCUT2D eigenvalue weighted by atomic mass is 10.3. The third-order valence-electron chi connectivity index (χ3n) is 3.46. The summed E-state index contributed by atoms with van der Waals surface area (Å²) in [6, 6.07) is 2.54. The highest BCUT2D eigenvalue weighted by molar-refractivity contribution is 7.98. The largest absolute Gasteiger partial charge is 0.370 e. The number of hydrogen-bond donors (Lipinski definition) is 1. The Kier molecular flexibility index (Phi) is 4.91. The van der Waals surface area contributed by atoms with Crippen LogP contribution in [0.2, 0.25) is 0 Å². The molecule has 2 rings (SSSR count). The number of nitrogens with one attached hydrogen (secondary N) is 1. The Morgan fingerprint density at radius 1 is 1.47 bits per heavy atom. The van der Waals surface area contributed by atoms with Gasteiger partial charge in [-0.2, -0.15) is 11.8 Å². The molecule has 1 aromatic heterocycles. The van der Waals surface area contributed by atoms with E-state index in [1.165, 1.54) is 12.8 Å². The van der Waals surface area contributed by atoms with Crippen molar-refractivity contribution in [1.82, 2.24) is 9.97 Å². The molecule has 0 aliphatic heterocycles. The van der Waals surface area contributed by atoms with Gasteiger partial charge in [0.15, 0.2) is 0 Å². The van der Waals surface area contributed by atoms with Crippen molar-refractivity contribution in [1.29, 1.82) is 0 Å². The number of anilines is 2. The third kappa shape index (κ3) is 3.75. The molecule has 1 aromatic rings. The van der Waals surface area contributed by atoms with Gasteiger partial charge in [0.25, 0.3) is 0 Å². The van der Waals surface area contributed by atoms with Gasteiger partial charge in [0, 0.05) is 37.4 Å². The zero-order valence-electron chi connectivity index (χ0n) is 12.3. The van der Waals surface area contributed by atoms with Crippen LogP contribution >= 0.6 is 11.8 Å². The maximum Gasteiger partial charge on any atom is 0.136 e. The molecule has 1 saturated carbocycles. The Morgan fingerprint density at radius 2 is 2.21 bits per heavy atom. The topological polar surface area (TPSA) is 41.0 Å². The summed E-state index contributed by atoms with van der Waals surface area (Å²) < 4.78 is 0. The second-order valence-corrected chi connectivity index (χ2v) is 6.10. The van der Waals surface area contributed by atoms with Gasteiger partial charge in [0.1, 0.15) is 17.5 Å². The van der Waals surface area contributed by atoms with Crippen LogP contribution in [-0.2, 0) is 0 Å². The SMILES string of the molecule is CCNc1cc(N(C)C(C)CSC)nc(C2CC2)n1. The average Bonchev–Trinajstić information content (AvgIpc) is 3.22. The molecule has 0 spiro atoms. The van der Waals surface area contributed by atoms with Crippen LogP contribution in [-0.4, -0.2) is 41.6 Å². The van der Waals surface area contributed by atoms with Gasteiger partial charge >= 0.3 is 0 Å². The summed E-state index contributed by atoms with van der Waals surface area (Å²) in [6.45, 7) is 5.23. The standard InChI is InChI=1S/C14H24N4S/c1-5-15-12-8-13(18(3)10(2)9-19-4)17-14(16-12)11-6-7-11/h8,10-11H,5-7,9H2,1-4H3,(H,15,16,17). The third-order valence-corrected chi connectivity index (χ3v) is 4.28. The minimum Gasteiger partial charge on any atom is -0.370 e. The van der Waals surface area contributed by atoms with Gasteiger partial charge in [0.2, 0.25) is 0 Å². The van der Waals surface area contributed by atoms with Gasteiger partial charge in [-0.25, -0.2) is 9.97 Å². The minimum absolute atomic E-state index is 0.478. The Bertz CT molecular complexity index is 420. The van der Waals surface area contributed by atoms with Crippen molar-refractivity contribution in [3.05, 3.63) is 11.9 Å². The van der Waals surface area contributed by atoms with Crippen LogP contribution in [0.15, 0.2) is 6.07 Å². The first kappa shape index (κ1) is 14.4. The lowest BCUT2D eigenvalue weighted by molar-refractivity contribution is 0.744. The molecular weight excluding hydrogens is 256 g/mol. The van der Waals surface area contributed by atoms with Crippen LogP contribution in [0, 0.1) is 0 Å². The summed E-state index contributed by atoms with van der Waals surface area (Å²) in [5.41, 5.74) is 0. The maximum atomic E-state index is 4.75. The number of thioether (sulfide) groups is 1. The van der Waals surface area contributed by atoms with Gasteiger partial charge in [-0.1, -0.05) is 0 Å². The van der Waals surface area contributed by atoms with E-state index in [1.54, 1.807) is 0 Å². The number of rotatable bonds is 7. The number of hydrogen-bond acceptors (Lipinski definition) is 5. The summed E-state index contributed by atoms with van der Waals surface area (Å²) in [5.74, 6) is 4.70. The fraction of sp³-hybridized carbons (Fsp3) is 0.714. The predicted molar refractivity (Wildman–Crippen MR) is 84.4 cm³/mol. The Labute approximate surface area is 120 Å². The summed E-state index contributed by atoms with van der Waals surface area (Å²) in [5, 5.41) is 3.31. The van der Waals surface area contributed by atoms with Crippen molar-refractivity contribution >= 4 is 23.4 Å². The molecule has 1 unspecified atom stereocenters. The van der Waals surface area contributed by atoms with E-state index in [9.17, 15) is 0 Å². The van der Waals surface area contributed by atoms with E-state index in [0.29, 0.717) is 12.0 Å². The van der Waals surface area contributed by atoms with Gasteiger partial charge in [-0.3, -0.25) is 0 Å². The van der Waals surface area contributed by atoms with Crippen molar-refractivity contribution < 1.29 is 0 Å². The van der Waals surface area contributed by atoms with E-state index < -0.39 is 0 Å². The van der Waals surface area contributed by atoms with Crippen LogP contribution in [0.25, 0.3) is 0 Å². The smallest absolute Gasteiger partial charge is 0.136 e.